The van der Waals surface area contributed by atoms with Gasteiger partial charge in [-0.3, -0.25) is 9.59 Å². The number of amides is 2. The lowest BCUT2D eigenvalue weighted by molar-refractivity contribution is -0.148. The molecule has 1 aliphatic heterocycles. The van der Waals surface area contributed by atoms with Crippen LogP contribution in [-0.4, -0.2) is 54.9 Å². The summed E-state index contributed by atoms with van der Waals surface area (Å²) < 4.78 is 5.63. The van der Waals surface area contributed by atoms with Gasteiger partial charge in [0.15, 0.2) is 0 Å². The standard InChI is InChI=1S/C15H21N3O3/c1-17-10-15(20)18(11-14(17)19)6-3-7-21-13-5-2-4-12(8-13)9-16/h2,4-5,8H,3,6-7,9-11,16H2,1H3. The highest BCUT2D eigenvalue weighted by atomic mass is 16.5. The van der Waals surface area contributed by atoms with Crippen molar-refractivity contribution in [2.45, 2.75) is 13.0 Å². The average molecular weight is 291 g/mol. The quantitative estimate of drug-likeness (QED) is 0.761. The van der Waals surface area contributed by atoms with E-state index >= 15 is 0 Å². The summed E-state index contributed by atoms with van der Waals surface area (Å²) in [7, 11) is 1.64. The predicted molar refractivity (Wildman–Crippen MR) is 78.7 cm³/mol. The third kappa shape index (κ3) is 4.19. The topological polar surface area (TPSA) is 75.9 Å². The van der Waals surface area contributed by atoms with Gasteiger partial charge in [0.25, 0.3) is 0 Å². The van der Waals surface area contributed by atoms with E-state index in [9.17, 15) is 9.59 Å². The third-order valence-electron chi connectivity index (χ3n) is 3.45. The highest BCUT2D eigenvalue weighted by Crippen LogP contribution is 2.13. The maximum Gasteiger partial charge on any atom is 0.242 e. The summed E-state index contributed by atoms with van der Waals surface area (Å²) in [4.78, 5) is 26.4. The monoisotopic (exact) mass is 291 g/mol. The van der Waals surface area contributed by atoms with Crippen LogP contribution in [0.15, 0.2) is 24.3 Å². The molecule has 2 amide bonds. The van der Waals surface area contributed by atoms with Gasteiger partial charge in [0.2, 0.25) is 11.8 Å². The van der Waals surface area contributed by atoms with E-state index < -0.39 is 0 Å². The number of benzene rings is 1. The second kappa shape index (κ2) is 7.08. The molecule has 1 aromatic rings. The number of likely N-dealkylation sites (N-methyl/N-ethyl adjacent to an activating group) is 1. The highest BCUT2D eigenvalue weighted by Gasteiger charge is 2.26. The van der Waals surface area contributed by atoms with Crippen LogP contribution in [0, 0.1) is 0 Å². The molecule has 0 radical (unpaired) electrons. The van der Waals surface area contributed by atoms with Crippen molar-refractivity contribution in [2.75, 3.05) is 33.3 Å². The molecule has 0 bridgehead atoms. The zero-order chi connectivity index (χ0) is 15.2. The Balaban J connectivity index is 1.74. The lowest BCUT2D eigenvalue weighted by atomic mass is 10.2. The van der Waals surface area contributed by atoms with Gasteiger partial charge in [0.05, 0.1) is 19.7 Å². The van der Waals surface area contributed by atoms with Gasteiger partial charge >= 0.3 is 0 Å². The maximum absolute atomic E-state index is 11.8. The van der Waals surface area contributed by atoms with Crippen LogP contribution in [0.1, 0.15) is 12.0 Å². The molecule has 1 saturated heterocycles. The first-order valence-corrected chi connectivity index (χ1v) is 7.03. The zero-order valence-electron chi connectivity index (χ0n) is 12.2. The molecule has 2 N–H and O–H groups in total. The van der Waals surface area contributed by atoms with E-state index in [1.54, 1.807) is 11.9 Å². The number of nitrogens with zero attached hydrogens (tertiary/aromatic N) is 2. The molecule has 6 heteroatoms. The Kier molecular flexibility index (Phi) is 5.16. The Morgan fingerprint density at radius 3 is 2.81 bits per heavy atom. The number of carbonyl (C=O) groups is 2. The van der Waals surface area contributed by atoms with Crippen molar-refractivity contribution in [3.05, 3.63) is 29.8 Å². The molecule has 0 spiro atoms. The van der Waals surface area contributed by atoms with Crippen molar-refractivity contribution in [1.82, 2.24) is 9.80 Å². The van der Waals surface area contributed by atoms with E-state index in [1.807, 2.05) is 24.3 Å². The summed E-state index contributed by atoms with van der Waals surface area (Å²) in [6, 6.07) is 7.63. The molecule has 1 aliphatic rings. The maximum atomic E-state index is 11.8. The molecule has 1 aromatic carbocycles. The Morgan fingerprint density at radius 2 is 2.05 bits per heavy atom. The fourth-order valence-corrected chi connectivity index (χ4v) is 2.17. The number of hydrogen-bond donors (Lipinski definition) is 1. The fraction of sp³-hybridized carbons (Fsp3) is 0.467. The molecule has 0 atom stereocenters. The van der Waals surface area contributed by atoms with E-state index in [2.05, 4.69) is 0 Å². The van der Waals surface area contributed by atoms with Gasteiger partial charge in [-0.25, -0.2) is 0 Å². The molecule has 21 heavy (non-hydrogen) atoms. The van der Waals surface area contributed by atoms with E-state index in [1.165, 1.54) is 4.90 Å². The van der Waals surface area contributed by atoms with Gasteiger partial charge in [-0.15, -0.1) is 0 Å². The lowest BCUT2D eigenvalue weighted by Gasteiger charge is -2.31. The van der Waals surface area contributed by atoms with Gasteiger partial charge in [-0.2, -0.15) is 0 Å². The van der Waals surface area contributed by atoms with E-state index in [0.717, 1.165) is 11.3 Å². The number of rotatable bonds is 6. The van der Waals surface area contributed by atoms with Crippen LogP contribution < -0.4 is 10.5 Å². The van der Waals surface area contributed by atoms with Crippen molar-refractivity contribution in [1.29, 1.82) is 0 Å². The van der Waals surface area contributed by atoms with Crippen LogP contribution in [0.3, 0.4) is 0 Å². The largest absolute Gasteiger partial charge is 0.494 e. The first-order valence-electron chi connectivity index (χ1n) is 7.03. The molecule has 2 rings (SSSR count). The van der Waals surface area contributed by atoms with Crippen LogP contribution in [0.5, 0.6) is 5.75 Å². The molecule has 0 aromatic heterocycles. The number of ether oxygens (including phenoxy) is 1. The third-order valence-corrected chi connectivity index (χ3v) is 3.45. The molecule has 6 nitrogen and oxygen atoms in total. The minimum atomic E-state index is -0.0221. The number of carbonyl (C=O) groups excluding carboxylic acids is 2. The first-order chi connectivity index (χ1) is 10.1. The minimum absolute atomic E-state index is 0.0118. The lowest BCUT2D eigenvalue weighted by Crippen LogP contribution is -2.52. The second-order valence-corrected chi connectivity index (χ2v) is 5.12. The normalized spacial score (nSPS) is 15.5. The van der Waals surface area contributed by atoms with Crippen molar-refractivity contribution < 1.29 is 14.3 Å². The van der Waals surface area contributed by atoms with Gasteiger partial charge < -0.3 is 20.3 Å². The Labute approximate surface area is 124 Å². The molecule has 1 fully saturated rings. The first kappa shape index (κ1) is 15.3. The van der Waals surface area contributed by atoms with Crippen molar-refractivity contribution >= 4 is 11.8 Å². The second-order valence-electron chi connectivity index (χ2n) is 5.12. The van der Waals surface area contributed by atoms with Crippen molar-refractivity contribution in [3.63, 3.8) is 0 Å². The Morgan fingerprint density at radius 1 is 1.24 bits per heavy atom. The fourth-order valence-electron chi connectivity index (χ4n) is 2.17. The zero-order valence-corrected chi connectivity index (χ0v) is 12.2. The predicted octanol–water partition coefficient (Wildman–Crippen LogP) is 0.215. The van der Waals surface area contributed by atoms with Gasteiger partial charge in [0, 0.05) is 20.1 Å². The van der Waals surface area contributed by atoms with Crippen LogP contribution in [-0.2, 0) is 16.1 Å². The number of piperazine rings is 1. The SMILES string of the molecule is CN1CC(=O)N(CCCOc2cccc(CN)c2)CC1=O. The van der Waals surface area contributed by atoms with Gasteiger partial charge in [-0.1, -0.05) is 12.1 Å². The molecule has 1 heterocycles. The summed E-state index contributed by atoms with van der Waals surface area (Å²) in [5.41, 5.74) is 6.60. The molecule has 114 valence electrons. The summed E-state index contributed by atoms with van der Waals surface area (Å²) >= 11 is 0. The summed E-state index contributed by atoms with van der Waals surface area (Å²) in [5, 5.41) is 0. The smallest absolute Gasteiger partial charge is 0.242 e. The summed E-state index contributed by atoms with van der Waals surface area (Å²) in [6.07, 6.45) is 0.690. The van der Waals surface area contributed by atoms with Crippen LogP contribution in [0.2, 0.25) is 0 Å². The molecule has 0 aliphatic carbocycles. The van der Waals surface area contributed by atoms with Crippen molar-refractivity contribution in [2.24, 2.45) is 5.73 Å². The Hall–Kier alpha value is -2.08. The highest BCUT2D eigenvalue weighted by molar-refractivity contribution is 5.92. The van der Waals surface area contributed by atoms with E-state index in [0.29, 0.717) is 26.1 Å². The number of nitrogens with two attached hydrogens (primary N) is 1. The van der Waals surface area contributed by atoms with Crippen LogP contribution in [0.4, 0.5) is 0 Å². The Bertz CT molecular complexity index is 519. The van der Waals surface area contributed by atoms with E-state index in [-0.39, 0.29) is 24.9 Å². The molecular weight excluding hydrogens is 270 g/mol. The van der Waals surface area contributed by atoms with Crippen LogP contribution >= 0.6 is 0 Å². The van der Waals surface area contributed by atoms with Gasteiger partial charge in [0.1, 0.15) is 5.75 Å². The van der Waals surface area contributed by atoms with Crippen LogP contribution in [0.25, 0.3) is 0 Å². The minimum Gasteiger partial charge on any atom is -0.494 e. The number of hydrogen-bond acceptors (Lipinski definition) is 4. The average Bonchev–Trinajstić information content (AvgIpc) is 2.48. The molecular formula is C15H21N3O3. The van der Waals surface area contributed by atoms with E-state index in [4.69, 9.17) is 10.5 Å². The van der Waals surface area contributed by atoms with Crippen molar-refractivity contribution in [3.8, 4) is 5.75 Å². The van der Waals surface area contributed by atoms with Gasteiger partial charge in [-0.05, 0) is 24.1 Å². The molecule has 0 unspecified atom stereocenters. The summed E-state index contributed by atoms with van der Waals surface area (Å²) in [6.45, 7) is 1.85. The molecule has 0 saturated carbocycles. The summed E-state index contributed by atoms with van der Waals surface area (Å²) in [5.74, 6) is 0.743.